The van der Waals surface area contributed by atoms with Gasteiger partial charge in [-0.2, -0.15) is 0 Å². The number of hydrogen-bond donors (Lipinski definition) is 3. The van der Waals surface area contributed by atoms with Crippen molar-refractivity contribution < 1.29 is 18.9 Å². The molecule has 1 fully saturated rings. The van der Waals surface area contributed by atoms with E-state index in [1.54, 1.807) is 0 Å². The Labute approximate surface area is 182 Å². The minimum Gasteiger partial charge on any atom is -0.335 e. The van der Waals surface area contributed by atoms with Gasteiger partial charge in [-0.05, 0) is 43.2 Å². The number of urea groups is 1. The second-order valence-corrected chi connectivity index (χ2v) is 7.53. The summed E-state index contributed by atoms with van der Waals surface area (Å²) >= 11 is 6.00. The molecule has 3 amide bonds. The van der Waals surface area contributed by atoms with Crippen LogP contribution in [0.1, 0.15) is 12.8 Å². The van der Waals surface area contributed by atoms with Crippen LogP contribution in [0.25, 0.3) is 0 Å². The summed E-state index contributed by atoms with van der Waals surface area (Å²) in [7, 11) is 0. The number of nitrogens with zero attached hydrogens (tertiary/aromatic N) is 2. The van der Waals surface area contributed by atoms with Gasteiger partial charge in [0.05, 0.1) is 22.2 Å². The van der Waals surface area contributed by atoms with Crippen molar-refractivity contribution in [1.29, 1.82) is 0 Å². The van der Waals surface area contributed by atoms with Crippen LogP contribution in [-0.2, 0) is 4.79 Å². The molecule has 0 unspecified atom stereocenters. The molecule has 1 heterocycles. The normalized spacial score (nSPS) is 14.6. The van der Waals surface area contributed by atoms with Gasteiger partial charge in [0.15, 0.2) is 0 Å². The topological polar surface area (TPSA) is 117 Å². The lowest BCUT2D eigenvalue weighted by molar-refractivity contribution is -0.384. The summed E-state index contributed by atoms with van der Waals surface area (Å²) in [5.41, 5.74) is 0.658. The van der Waals surface area contributed by atoms with Crippen molar-refractivity contribution in [1.82, 2.24) is 10.2 Å². The Morgan fingerprint density at radius 3 is 2.42 bits per heavy atom. The summed E-state index contributed by atoms with van der Waals surface area (Å²) in [6, 6.07) is 8.95. The van der Waals surface area contributed by atoms with Gasteiger partial charge in [0.1, 0.15) is 5.82 Å². The number of nitro groups is 1. The highest BCUT2D eigenvalue weighted by Crippen LogP contribution is 2.26. The van der Waals surface area contributed by atoms with Crippen molar-refractivity contribution in [2.75, 3.05) is 30.3 Å². The van der Waals surface area contributed by atoms with E-state index in [9.17, 15) is 24.1 Å². The number of nitrogens with one attached hydrogen (secondary N) is 3. The molecule has 0 atom stereocenters. The minimum absolute atomic E-state index is 0.0381. The largest absolute Gasteiger partial charge is 0.335 e. The summed E-state index contributed by atoms with van der Waals surface area (Å²) in [5, 5.41) is 19.0. The highest BCUT2D eigenvalue weighted by molar-refractivity contribution is 6.34. The molecule has 0 aliphatic carbocycles. The van der Waals surface area contributed by atoms with Crippen LogP contribution in [0.15, 0.2) is 42.5 Å². The molecule has 0 saturated carbocycles. The second-order valence-electron chi connectivity index (χ2n) is 7.13. The lowest BCUT2D eigenvalue weighted by Crippen LogP contribution is -2.47. The van der Waals surface area contributed by atoms with E-state index in [1.807, 2.05) is 4.90 Å². The molecule has 0 bridgehead atoms. The molecule has 1 saturated heterocycles. The fourth-order valence-corrected chi connectivity index (χ4v) is 3.46. The smallest absolute Gasteiger partial charge is 0.319 e. The molecule has 0 aromatic heterocycles. The van der Waals surface area contributed by atoms with Crippen LogP contribution >= 0.6 is 11.6 Å². The Morgan fingerprint density at radius 2 is 1.81 bits per heavy atom. The zero-order valence-corrected chi connectivity index (χ0v) is 17.2. The predicted octanol–water partition coefficient (Wildman–Crippen LogP) is 3.61. The molecule has 3 rings (SSSR count). The van der Waals surface area contributed by atoms with E-state index >= 15 is 0 Å². The number of benzene rings is 2. The van der Waals surface area contributed by atoms with Gasteiger partial charge in [0, 0.05) is 37.0 Å². The number of amides is 3. The molecule has 1 aliphatic heterocycles. The number of anilines is 2. The number of carbonyl (C=O) groups excluding carboxylic acids is 2. The SMILES string of the molecule is O=C(CN1CCC(NC(=O)Nc2ccc(F)cc2)CC1)Nc1ccc([N+](=O)[O-])cc1Cl. The van der Waals surface area contributed by atoms with Crippen molar-refractivity contribution in [2.45, 2.75) is 18.9 Å². The van der Waals surface area contributed by atoms with Gasteiger partial charge in [-0.15, -0.1) is 0 Å². The van der Waals surface area contributed by atoms with Crippen LogP contribution in [0.5, 0.6) is 0 Å². The lowest BCUT2D eigenvalue weighted by Gasteiger charge is -2.31. The van der Waals surface area contributed by atoms with E-state index in [0.29, 0.717) is 37.3 Å². The van der Waals surface area contributed by atoms with Crippen LogP contribution in [0.3, 0.4) is 0 Å². The third kappa shape index (κ3) is 6.63. The summed E-state index contributed by atoms with van der Waals surface area (Å²) in [6.07, 6.45) is 1.34. The molecule has 2 aromatic carbocycles. The Morgan fingerprint density at radius 1 is 1.13 bits per heavy atom. The Hall–Kier alpha value is -3.24. The minimum atomic E-state index is -0.560. The zero-order valence-electron chi connectivity index (χ0n) is 16.4. The van der Waals surface area contributed by atoms with Gasteiger partial charge in [-0.25, -0.2) is 9.18 Å². The summed E-state index contributed by atoms with van der Waals surface area (Å²) in [4.78, 5) is 36.5. The molecule has 164 valence electrons. The molecule has 9 nitrogen and oxygen atoms in total. The monoisotopic (exact) mass is 449 g/mol. The maximum Gasteiger partial charge on any atom is 0.319 e. The Kier molecular flexibility index (Phi) is 7.37. The van der Waals surface area contributed by atoms with Crippen molar-refractivity contribution in [2.24, 2.45) is 0 Å². The molecule has 31 heavy (non-hydrogen) atoms. The third-order valence-electron chi connectivity index (χ3n) is 4.83. The fraction of sp³-hybridized carbons (Fsp3) is 0.300. The Bertz CT molecular complexity index is 965. The zero-order chi connectivity index (χ0) is 22.4. The fourth-order valence-electron chi connectivity index (χ4n) is 3.23. The van der Waals surface area contributed by atoms with Crippen molar-refractivity contribution in [3.05, 3.63) is 63.4 Å². The first-order valence-corrected chi connectivity index (χ1v) is 9.97. The maximum atomic E-state index is 12.9. The van der Waals surface area contributed by atoms with Crippen LogP contribution in [0.4, 0.5) is 26.2 Å². The number of likely N-dealkylation sites (tertiary alicyclic amines) is 1. The third-order valence-corrected chi connectivity index (χ3v) is 5.14. The number of rotatable bonds is 6. The van der Waals surface area contributed by atoms with Gasteiger partial charge >= 0.3 is 6.03 Å². The van der Waals surface area contributed by atoms with Gasteiger partial charge in [0.2, 0.25) is 5.91 Å². The van der Waals surface area contributed by atoms with E-state index in [4.69, 9.17) is 11.6 Å². The van der Waals surface area contributed by atoms with Gasteiger partial charge in [-0.3, -0.25) is 19.8 Å². The van der Waals surface area contributed by atoms with Crippen LogP contribution < -0.4 is 16.0 Å². The molecule has 3 N–H and O–H groups in total. The van der Waals surface area contributed by atoms with Crippen molar-refractivity contribution in [3.8, 4) is 0 Å². The molecule has 0 spiro atoms. The molecular weight excluding hydrogens is 429 g/mol. The van der Waals surface area contributed by atoms with Crippen LogP contribution in [-0.4, -0.2) is 47.4 Å². The second kappa shape index (κ2) is 10.2. The van der Waals surface area contributed by atoms with E-state index in [-0.39, 0.29) is 41.1 Å². The summed E-state index contributed by atoms with van der Waals surface area (Å²) < 4.78 is 12.9. The van der Waals surface area contributed by atoms with E-state index in [1.165, 1.54) is 42.5 Å². The standard InChI is InChI=1S/C20H21ClFN5O4/c21-17-11-16(27(30)31)5-6-18(17)25-19(28)12-26-9-7-15(8-10-26)24-20(29)23-14-3-1-13(22)2-4-14/h1-6,11,15H,7-10,12H2,(H,25,28)(H2,23,24,29). The molecular formula is C20H21ClFN5O4. The molecule has 2 aromatic rings. The first-order valence-electron chi connectivity index (χ1n) is 9.59. The van der Waals surface area contributed by atoms with Gasteiger partial charge in [-0.1, -0.05) is 11.6 Å². The Balaban J connectivity index is 1.41. The number of hydrogen-bond acceptors (Lipinski definition) is 5. The highest BCUT2D eigenvalue weighted by atomic mass is 35.5. The number of halogens is 2. The number of non-ortho nitro benzene ring substituents is 1. The van der Waals surface area contributed by atoms with Crippen molar-refractivity contribution >= 4 is 40.6 Å². The first-order chi connectivity index (χ1) is 14.8. The van der Waals surface area contributed by atoms with E-state index in [2.05, 4.69) is 16.0 Å². The molecule has 1 aliphatic rings. The number of piperidine rings is 1. The summed E-state index contributed by atoms with van der Waals surface area (Å²) in [6.45, 7) is 1.37. The average molecular weight is 450 g/mol. The van der Waals surface area contributed by atoms with Crippen LogP contribution in [0.2, 0.25) is 5.02 Å². The maximum absolute atomic E-state index is 12.9. The number of carbonyl (C=O) groups is 2. The van der Waals surface area contributed by atoms with E-state index in [0.717, 1.165) is 0 Å². The van der Waals surface area contributed by atoms with Gasteiger partial charge in [0.25, 0.3) is 5.69 Å². The first kappa shape index (κ1) is 22.4. The lowest BCUT2D eigenvalue weighted by atomic mass is 10.1. The average Bonchev–Trinajstić information content (AvgIpc) is 2.72. The van der Waals surface area contributed by atoms with Crippen molar-refractivity contribution in [3.63, 3.8) is 0 Å². The molecule has 0 radical (unpaired) electrons. The van der Waals surface area contributed by atoms with Crippen LogP contribution in [0, 0.1) is 15.9 Å². The van der Waals surface area contributed by atoms with Gasteiger partial charge < -0.3 is 16.0 Å². The quantitative estimate of drug-likeness (QED) is 0.460. The molecule has 11 heteroatoms. The number of nitro benzene ring substituents is 1. The predicted molar refractivity (Wildman–Crippen MR) is 115 cm³/mol. The van der Waals surface area contributed by atoms with E-state index < -0.39 is 4.92 Å². The highest BCUT2D eigenvalue weighted by Gasteiger charge is 2.22. The summed E-state index contributed by atoms with van der Waals surface area (Å²) in [5.74, 6) is -0.658.